The molecule has 0 unspecified atom stereocenters. The normalized spacial score (nSPS) is 10.9. The lowest BCUT2D eigenvalue weighted by Crippen LogP contribution is -2.15. The smallest absolute Gasteiger partial charge is 0.387 e. The summed E-state index contributed by atoms with van der Waals surface area (Å²) in [5, 5.41) is 15.9. The van der Waals surface area contributed by atoms with Gasteiger partial charge in [-0.15, -0.1) is 22.7 Å². The van der Waals surface area contributed by atoms with Gasteiger partial charge in [-0.2, -0.15) is 8.78 Å². The van der Waals surface area contributed by atoms with E-state index in [0.29, 0.717) is 5.69 Å². The lowest BCUT2D eigenvalue weighted by atomic mass is 10.1. The molecule has 8 nitrogen and oxygen atoms in total. The van der Waals surface area contributed by atoms with E-state index in [9.17, 15) is 23.7 Å². The highest BCUT2D eigenvalue weighted by atomic mass is 32.1. The molecule has 0 aliphatic carbocycles. The van der Waals surface area contributed by atoms with Crippen LogP contribution in [0.15, 0.2) is 23.6 Å². The van der Waals surface area contributed by atoms with Gasteiger partial charge in [0.15, 0.2) is 16.6 Å². The minimum atomic E-state index is -3.21. The van der Waals surface area contributed by atoms with Gasteiger partial charge in [-0.3, -0.25) is 20.2 Å². The first-order chi connectivity index (χ1) is 14.2. The molecule has 0 bridgehead atoms. The van der Waals surface area contributed by atoms with Crippen molar-refractivity contribution in [2.45, 2.75) is 20.5 Å². The molecular formula is C18H15F2N3O5S2. The summed E-state index contributed by atoms with van der Waals surface area (Å²) in [6.45, 7) is 0.726. The Hall–Kier alpha value is -3.12. The van der Waals surface area contributed by atoms with Crippen molar-refractivity contribution in [3.8, 4) is 22.8 Å². The summed E-state index contributed by atoms with van der Waals surface area (Å²) in [4.78, 5) is 29.7. The highest BCUT2D eigenvalue weighted by Gasteiger charge is 2.26. The van der Waals surface area contributed by atoms with Crippen LogP contribution in [0.4, 0.5) is 19.6 Å². The van der Waals surface area contributed by atoms with Gasteiger partial charge < -0.3 is 9.47 Å². The minimum Gasteiger partial charge on any atom is -0.493 e. The van der Waals surface area contributed by atoms with Gasteiger partial charge in [-0.1, -0.05) is 0 Å². The number of hydrogen-bond acceptors (Lipinski definition) is 8. The van der Waals surface area contributed by atoms with Crippen LogP contribution in [0.3, 0.4) is 0 Å². The molecule has 0 fully saturated rings. The molecule has 0 saturated heterocycles. The predicted octanol–water partition coefficient (Wildman–Crippen LogP) is 5.26. The fourth-order valence-electron chi connectivity index (χ4n) is 2.73. The molecule has 0 aliphatic heterocycles. The Morgan fingerprint density at radius 1 is 1.27 bits per heavy atom. The Morgan fingerprint density at radius 3 is 2.57 bits per heavy atom. The second kappa shape index (κ2) is 8.71. The van der Waals surface area contributed by atoms with Crippen LogP contribution < -0.4 is 14.8 Å². The number of nitro benzene ring substituents is 1. The van der Waals surface area contributed by atoms with Gasteiger partial charge in [-0.25, -0.2) is 4.98 Å². The first-order valence-electron chi connectivity index (χ1n) is 8.35. The number of aryl methyl sites for hydroxylation is 2. The number of carbonyl (C=O) groups excluding carboxylic acids is 1. The quantitative estimate of drug-likeness (QED) is 0.385. The zero-order chi connectivity index (χ0) is 22.0. The number of rotatable bonds is 7. The number of anilines is 1. The fourth-order valence-corrected chi connectivity index (χ4v) is 4.37. The molecule has 3 aromatic rings. The standard InChI is InChI=1S/C18H15F2N3O5S2/c1-8-4-10(9(2)30-8)12-7-29-18(21-12)22-16(24)11-5-14(27-3)15(28-17(19)20)6-13(11)23(25)26/h4-7,17H,1-3H3,(H,21,22,24). The molecule has 0 spiro atoms. The van der Waals surface area contributed by atoms with Gasteiger partial charge in [0, 0.05) is 26.8 Å². The van der Waals surface area contributed by atoms with Crippen LogP contribution in [0, 0.1) is 24.0 Å². The third-order valence-corrected chi connectivity index (χ3v) is 5.70. The van der Waals surface area contributed by atoms with Crippen LogP contribution in [0.2, 0.25) is 0 Å². The number of carbonyl (C=O) groups is 1. The fraction of sp³-hybridized carbons (Fsp3) is 0.222. The number of halogens is 2. The van der Waals surface area contributed by atoms with Crippen molar-refractivity contribution in [2.24, 2.45) is 0 Å². The molecule has 1 aromatic carbocycles. The summed E-state index contributed by atoms with van der Waals surface area (Å²) in [5.74, 6) is -1.62. The highest BCUT2D eigenvalue weighted by molar-refractivity contribution is 7.14. The largest absolute Gasteiger partial charge is 0.493 e. The van der Waals surface area contributed by atoms with E-state index in [0.717, 1.165) is 38.8 Å². The summed E-state index contributed by atoms with van der Waals surface area (Å²) < 4.78 is 34.3. The summed E-state index contributed by atoms with van der Waals surface area (Å²) in [6.07, 6.45) is 0. The lowest BCUT2D eigenvalue weighted by Gasteiger charge is -2.11. The Labute approximate surface area is 177 Å². The summed E-state index contributed by atoms with van der Waals surface area (Å²) in [5.41, 5.74) is 0.531. The van der Waals surface area contributed by atoms with Crippen LogP contribution in [-0.4, -0.2) is 29.5 Å². The van der Waals surface area contributed by atoms with Gasteiger partial charge in [0.25, 0.3) is 11.6 Å². The number of aromatic nitrogens is 1. The Bertz CT molecular complexity index is 1110. The van der Waals surface area contributed by atoms with Crippen LogP contribution in [0.25, 0.3) is 11.3 Å². The Kier molecular flexibility index (Phi) is 6.27. The van der Waals surface area contributed by atoms with E-state index in [1.807, 2.05) is 19.9 Å². The number of ether oxygens (including phenoxy) is 2. The number of amides is 1. The zero-order valence-electron chi connectivity index (χ0n) is 15.9. The van der Waals surface area contributed by atoms with E-state index in [2.05, 4.69) is 15.0 Å². The molecule has 1 N–H and O–H groups in total. The number of nitrogens with one attached hydrogen (secondary N) is 1. The number of hydrogen-bond donors (Lipinski definition) is 1. The molecule has 0 radical (unpaired) electrons. The van der Waals surface area contributed by atoms with Gasteiger partial charge in [0.05, 0.1) is 23.8 Å². The average Bonchev–Trinajstić information content (AvgIpc) is 3.26. The zero-order valence-corrected chi connectivity index (χ0v) is 17.5. The number of alkyl halides is 2. The number of thiazole rings is 1. The summed E-state index contributed by atoms with van der Waals surface area (Å²) >= 11 is 2.78. The Morgan fingerprint density at radius 2 is 2.00 bits per heavy atom. The molecule has 2 heterocycles. The lowest BCUT2D eigenvalue weighted by molar-refractivity contribution is -0.385. The van der Waals surface area contributed by atoms with E-state index < -0.39 is 28.9 Å². The SMILES string of the molecule is COc1cc(C(=O)Nc2nc(-c3cc(C)sc3C)cs2)c([N+](=O)[O-])cc1OC(F)F. The van der Waals surface area contributed by atoms with Crippen molar-refractivity contribution in [3.05, 3.63) is 49.0 Å². The van der Waals surface area contributed by atoms with Gasteiger partial charge in [0.2, 0.25) is 0 Å². The van der Waals surface area contributed by atoms with Crippen LogP contribution in [-0.2, 0) is 0 Å². The van der Waals surface area contributed by atoms with E-state index in [1.165, 1.54) is 7.11 Å². The number of methoxy groups -OCH3 is 1. The van der Waals surface area contributed by atoms with E-state index in [1.54, 1.807) is 16.7 Å². The number of nitrogens with zero attached hydrogens (tertiary/aromatic N) is 2. The minimum absolute atomic E-state index is 0.236. The topological polar surface area (TPSA) is 104 Å². The second-order valence-electron chi connectivity index (χ2n) is 5.97. The first-order valence-corrected chi connectivity index (χ1v) is 10.0. The number of thiophene rings is 1. The highest BCUT2D eigenvalue weighted by Crippen LogP contribution is 2.37. The third kappa shape index (κ3) is 4.54. The maximum absolute atomic E-state index is 12.7. The monoisotopic (exact) mass is 455 g/mol. The number of nitro groups is 1. The van der Waals surface area contributed by atoms with Crippen molar-refractivity contribution in [1.82, 2.24) is 4.98 Å². The van der Waals surface area contributed by atoms with Crippen molar-refractivity contribution >= 4 is 39.4 Å². The van der Waals surface area contributed by atoms with Gasteiger partial charge in [0.1, 0.15) is 5.56 Å². The molecule has 2 aromatic heterocycles. The molecule has 0 saturated carbocycles. The summed E-state index contributed by atoms with van der Waals surface area (Å²) in [6, 6.07) is 3.69. The van der Waals surface area contributed by atoms with Crippen LogP contribution in [0.5, 0.6) is 11.5 Å². The van der Waals surface area contributed by atoms with Gasteiger partial charge >= 0.3 is 6.61 Å². The summed E-state index contributed by atoms with van der Waals surface area (Å²) in [7, 11) is 1.17. The Balaban J connectivity index is 1.91. The van der Waals surface area contributed by atoms with Crippen molar-refractivity contribution in [1.29, 1.82) is 0 Å². The van der Waals surface area contributed by atoms with E-state index in [4.69, 9.17) is 4.74 Å². The first kappa shape index (κ1) is 21.6. The molecule has 3 rings (SSSR count). The molecule has 12 heteroatoms. The molecular weight excluding hydrogens is 440 g/mol. The molecule has 0 aliphatic rings. The van der Waals surface area contributed by atoms with Crippen LogP contribution in [0.1, 0.15) is 20.1 Å². The van der Waals surface area contributed by atoms with Crippen molar-refractivity contribution in [2.75, 3.05) is 12.4 Å². The maximum atomic E-state index is 12.7. The van der Waals surface area contributed by atoms with Crippen molar-refractivity contribution < 1.29 is 28.0 Å². The molecule has 0 atom stereocenters. The average molecular weight is 455 g/mol. The predicted molar refractivity (Wildman–Crippen MR) is 109 cm³/mol. The van der Waals surface area contributed by atoms with E-state index >= 15 is 0 Å². The van der Waals surface area contributed by atoms with E-state index in [-0.39, 0.29) is 16.4 Å². The third-order valence-electron chi connectivity index (χ3n) is 3.98. The van der Waals surface area contributed by atoms with Gasteiger partial charge in [-0.05, 0) is 19.9 Å². The second-order valence-corrected chi connectivity index (χ2v) is 8.29. The van der Waals surface area contributed by atoms with Crippen LogP contribution >= 0.6 is 22.7 Å². The maximum Gasteiger partial charge on any atom is 0.387 e. The molecule has 30 heavy (non-hydrogen) atoms. The molecule has 1 amide bonds. The molecule has 158 valence electrons. The van der Waals surface area contributed by atoms with Crippen molar-refractivity contribution in [3.63, 3.8) is 0 Å². The number of benzene rings is 1.